The van der Waals surface area contributed by atoms with Crippen molar-refractivity contribution in [2.24, 2.45) is 11.7 Å². The SMILES string of the molecule is CC(C)C[C@@H](N)C(=O)NCC(C)c1ccccc1. The topological polar surface area (TPSA) is 55.1 Å². The van der Waals surface area contributed by atoms with E-state index in [0.29, 0.717) is 18.4 Å². The Labute approximate surface area is 110 Å². The smallest absolute Gasteiger partial charge is 0.236 e. The van der Waals surface area contributed by atoms with Crippen LogP contribution in [-0.2, 0) is 4.79 Å². The summed E-state index contributed by atoms with van der Waals surface area (Å²) in [6.45, 7) is 6.87. The van der Waals surface area contributed by atoms with E-state index in [1.807, 2.05) is 18.2 Å². The third-order valence-electron chi connectivity index (χ3n) is 3.01. The molecule has 0 aliphatic carbocycles. The highest BCUT2D eigenvalue weighted by atomic mass is 16.2. The van der Waals surface area contributed by atoms with Crippen molar-refractivity contribution in [1.29, 1.82) is 0 Å². The van der Waals surface area contributed by atoms with Gasteiger partial charge in [-0.2, -0.15) is 0 Å². The average molecular weight is 248 g/mol. The second-order valence-electron chi connectivity index (χ2n) is 5.29. The second-order valence-corrected chi connectivity index (χ2v) is 5.29. The maximum Gasteiger partial charge on any atom is 0.236 e. The third kappa shape index (κ3) is 4.88. The lowest BCUT2D eigenvalue weighted by Crippen LogP contribution is -2.42. The number of carbonyl (C=O) groups is 1. The maximum atomic E-state index is 11.8. The molecule has 3 heteroatoms. The molecule has 0 bridgehead atoms. The quantitative estimate of drug-likeness (QED) is 0.811. The summed E-state index contributed by atoms with van der Waals surface area (Å²) in [7, 11) is 0. The van der Waals surface area contributed by atoms with E-state index >= 15 is 0 Å². The standard InChI is InChI=1S/C15H24N2O/c1-11(2)9-14(16)15(18)17-10-12(3)13-7-5-4-6-8-13/h4-8,11-12,14H,9-10,16H2,1-3H3,(H,17,18)/t12?,14-/m1/s1. The minimum atomic E-state index is -0.395. The van der Waals surface area contributed by atoms with Gasteiger partial charge in [0.15, 0.2) is 0 Å². The number of nitrogens with one attached hydrogen (secondary N) is 1. The van der Waals surface area contributed by atoms with Crippen molar-refractivity contribution in [2.45, 2.75) is 39.2 Å². The Morgan fingerprint density at radius 3 is 2.39 bits per heavy atom. The summed E-state index contributed by atoms with van der Waals surface area (Å²) in [6.07, 6.45) is 0.728. The zero-order chi connectivity index (χ0) is 13.5. The van der Waals surface area contributed by atoms with E-state index in [4.69, 9.17) is 5.73 Å². The molecule has 1 amide bonds. The van der Waals surface area contributed by atoms with Crippen molar-refractivity contribution in [3.63, 3.8) is 0 Å². The number of benzene rings is 1. The Kier molecular flexibility index (Phi) is 5.86. The summed E-state index contributed by atoms with van der Waals surface area (Å²) in [5, 5.41) is 2.92. The van der Waals surface area contributed by atoms with E-state index in [0.717, 1.165) is 6.42 Å². The van der Waals surface area contributed by atoms with E-state index in [1.165, 1.54) is 5.56 Å². The molecule has 1 aromatic rings. The van der Waals surface area contributed by atoms with E-state index in [2.05, 4.69) is 38.2 Å². The lowest BCUT2D eigenvalue weighted by Gasteiger charge is -2.17. The summed E-state index contributed by atoms with van der Waals surface area (Å²) >= 11 is 0. The van der Waals surface area contributed by atoms with E-state index < -0.39 is 6.04 Å². The molecule has 0 heterocycles. The van der Waals surface area contributed by atoms with Gasteiger partial charge in [-0.1, -0.05) is 51.1 Å². The Morgan fingerprint density at radius 2 is 1.83 bits per heavy atom. The molecule has 1 unspecified atom stereocenters. The van der Waals surface area contributed by atoms with Crippen LogP contribution in [-0.4, -0.2) is 18.5 Å². The maximum absolute atomic E-state index is 11.8. The van der Waals surface area contributed by atoms with E-state index in [1.54, 1.807) is 0 Å². The molecular formula is C15H24N2O. The molecule has 0 aliphatic heterocycles. The van der Waals surface area contributed by atoms with Crippen molar-refractivity contribution >= 4 is 5.91 Å². The summed E-state index contributed by atoms with van der Waals surface area (Å²) in [6, 6.07) is 9.77. The molecule has 0 aliphatic rings. The molecule has 0 radical (unpaired) electrons. The van der Waals surface area contributed by atoms with Gasteiger partial charge in [-0.05, 0) is 23.8 Å². The number of rotatable bonds is 6. The number of amides is 1. The lowest BCUT2D eigenvalue weighted by molar-refractivity contribution is -0.122. The molecule has 0 saturated carbocycles. The van der Waals surface area contributed by atoms with Crippen LogP contribution in [0.15, 0.2) is 30.3 Å². The van der Waals surface area contributed by atoms with Crippen LogP contribution in [0.3, 0.4) is 0 Å². The largest absolute Gasteiger partial charge is 0.354 e. The van der Waals surface area contributed by atoms with Crippen LogP contribution >= 0.6 is 0 Å². The second kappa shape index (κ2) is 7.17. The molecule has 0 aromatic heterocycles. The monoisotopic (exact) mass is 248 g/mol. The Morgan fingerprint density at radius 1 is 1.22 bits per heavy atom. The van der Waals surface area contributed by atoms with Gasteiger partial charge in [0.2, 0.25) is 5.91 Å². The summed E-state index contributed by atoms with van der Waals surface area (Å²) in [5.74, 6) is 0.699. The predicted octanol–water partition coefficient (Wildman–Crippen LogP) is 2.28. The fraction of sp³-hybridized carbons (Fsp3) is 0.533. The van der Waals surface area contributed by atoms with Gasteiger partial charge in [0, 0.05) is 6.54 Å². The highest BCUT2D eigenvalue weighted by molar-refractivity contribution is 5.81. The zero-order valence-electron chi connectivity index (χ0n) is 11.5. The van der Waals surface area contributed by atoms with Gasteiger partial charge in [-0.15, -0.1) is 0 Å². The van der Waals surface area contributed by atoms with Gasteiger partial charge in [-0.25, -0.2) is 0 Å². The van der Waals surface area contributed by atoms with Crippen molar-refractivity contribution in [1.82, 2.24) is 5.32 Å². The van der Waals surface area contributed by atoms with Gasteiger partial charge < -0.3 is 11.1 Å². The van der Waals surface area contributed by atoms with Crippen LogP contribution in [0.5, 0.6) is 0 Å². The van der Waals surface area contributed by atoms with Crippen LogP contribution in [0, 0.1) is 5.92 Å². The Bertz CT molecular complexity index is 362. The highest BCUT2D eigenvalue weighted by Gasteiger charge is 2.15. The van der Waals surface area contributed by atoms with Crippen LogP contribution in [0.4, 0.5) is 0 Å². The molecule has 100 valence electrons. The predicted molar refractivity (Wildman–Crippen MR) is 75.3 cm³/mol. The first kappa shape index (κ1) is 14.7. The number of carbonyl (C=O) groups excluding carboxylic acids is 1. The molecule has 3 N–H and O–H groups in total. The van der Waals surface area contributed by atoms with Gasteiger partial charge in [0.25, 0.3) is 0 Å². The normalized spacial score (nSPS) is 14.3. The van der Waals surface area contributed by atoms with Crippen LogP contribution in [0.1, 0.15) is 38.7 Å². The third-order valence-corrected chi connectivity index (χ3v) is 3.01. The fourth-order valence-corrected chi connectivity index (χ4v) is 1.90. The molecule has 2 atom stereocenters. The van der Waals surface area contributed by atoms with Crippen molar-refractivity contribution in [2.75, 3.05) is 6.54 Å². The molecule has 0 spiro atoms. The van der Waals surface area contributed by atoms with Crippen LogP contribution in [0.25, 0.3) is 0 Å². The van der Waals surface area contributed by atoms with Crippen LogP contribution < -0.4 is 11.1 Å². The molecule has 1 rings (SSSR count). The molecule has 0 fully saturated rings. The molecule has 18 heavy (non-hydrogen) atoms. The Hall–Kier alpha value is -1.35. The molecule has 0 saturated heterocycles. The summed E-state index contributed by atoms with van der Waals surface area (Å²) in [5.41, 5.74) is 7.06. The van der Waals surface area contributed by atoms with Gasteiger partial charge in [0.1, 0.15) is 0 Å². The number of nitrogens with two attached hydrogens (primary N) is 1. The van der Waals surface area contributed by atoms with Crippen molar-refractivity contribution < 1.29 is 4.79 Å². The van der Waals surface area contributed by atoms with Gasteiger partial charge in [-0.3, -0.25) is 4.79 Å². The zero-order valence-corrected chi connectivity index (χ0v) is 11.5. The number of hydrogen-bond donors (Lipinski definition) is 2. The lowest BCUT2D eigenvalue weighted by atomic mass is 10.0. The first-order valence-electron chi connectivity index (χ1n) is 6.59. The summed E-state index contributed by atoms with van der Waals surface area (Å²) in [4.78, 5) is 11.8. The fourth-order valence-electron chi connectivity index (χ4n) is 1.90. The molecular weight excluding hydrogens is 224 g/mol. The van der Waals surface area contributed by atoms with E-state index in [-0.39, 0.29) is 5.91 Å². The van der Waals surface area contributed by atoms with E-state index in [9.17, 15) is 4.79 Å². The minimum absolute atomic E-state index is 0.0496. The molecule has 1 aromatic carbocycles. The first-order chi connectivity index (χ1) is 8.50. The first-order valence-corrected chi connectivity index (χ1v) is 6.59. The minimum Gasteiger partial charge on any atom is -0.354 e. The van der Waals surface area contributed by atoms with Crippen molar-refractivity contribution in [3.05, 3.63) is 35.9 Å². The average Bonchev–Trinajstić information content (AvgIpc) is 2.35. The molecule has 3 nitrogen and oxygen atoms in total. The van der Waals surface area contributed by atoms with Crippen LogP contribution in [0.2, 0.25) is 0 Å². The summed E-state index contributed by atoms with van der Waals surface area (Å²) < 4.78 is 0. The highest BCUT2D eigenvalue weighted by Crippen LogP contribution is 2.13. The van der Waals surface area contributed by atoms with Gasteiger partial charge in [0.05, 0.1) is 6.04 Å². The van der Waals surface area contributed by atoms with Crippen molar-refractivity contribution in [3.8, 4) is 0 Å². The Balaban J connectivity index is 2.39. The van der Waals surface area contributed by atoms with Gasteiger partial charge >= 0.3 is 0 Å². The number of hydrogen-bond acceptors (Lipinski definition) is 2.